The molecule has 2 heterocycles. The van der Waals surface area contributed by atoms with Crippen LogP contribution in [0, 0.1) is 6.92 Å². The summed E-state index contributed by atoms with van der Waals surface area (Å²) in [6.45, 7) is 1.83. The maximum Gasteiger partial charge on any atom is 0.379 e. The summed E-state index contributed by atoms with van der Waals surface area (Å²) in [6, 6.07) is 11.5. The van der Waals surface area contributed by atoms with E-state index in [9.17, 15) is 9.59 Å². The Kier molecular flexibility index (Phi) is 5.77. The Morgan fingerprint density at radius 2 is 2.11 bits per heavy atom. The summed E-state index contributed by atoms with van der Waals surface area (Å²) in [7, 11) is 0. The van der Waals surface area contributed by atoms with Crippen LogP contribution in [0.3, 0.4) is 0 Å². The largest absolute Gasteiger partial charge is 0.457 e. The number of benzene rings is 1. The molecule has 27 heavy (non-hydrogen) atoms. The first-order valence-corrected chi connectivity index (χ1v) is 8.63. The predicted octanol–water partition coefficient (Wildman–Crippen LogP) is 3.73. The van der Waals surface area contributed by atoms with Crippen molar-refractivity contribution < 1.29 is 18.7 Å². The van der Waals surface area contributed by atoms with Crippen LogP contribution in [0.2, 0.25) is 0 Å². The van der Waals surface area contributed by atoms with Crippen LogP contribution in [-0.4, -0.2) is 23.1 Å². The minimum Gasteiger partial charge on any atom is -0.457 e. The van der Waals surface area contributed by atoms with Crippen molar-refractivity contribution in [1.29, 1.82) is 0 Å². The molecule has 2 aromatic heterocycles. The minimum absolute atomic E-state index is 0.0842. The Hall–Kier alpha value is -3.26. The Bertz CT molecular complexity index is 983. The minimum atomic E-state index is -0.633. The van der Waals surface area contributed by atoms with Crippen molar-refractivity contribution in [3.63, 3.8) is 0 Å². The molecule has 1 N–H and O–H groups in total. The fraction of sp³-hybridized carbons (Fsp3) is 0.0526. The molecular formula is C19H14BrN3O4. The van der Waals surface area contributed by atoms with E-state index in [0.717, 1.165) is 10.2 Å². The van der Waals surface area contributed by atoms with Crippen molar-refractivity contribution in [3.05, 3.63) is 82.0 Å². The van der Waals surface area contributed by atoms with Crippen molar-refractivity contribution in [3.8, 4) is 5.75 Å². The third kappa shape index (κ3) is 4.89. The zero-order valence-electron chi connectivity index (χ0n) is 14.2. The molecule has 0 atom stereocenters. The molecule has 0 radical (unpaired) electrons. The second-order valence-corrected chi connectivity index (χ2v) is 6.35. The second kappa shape index (κ2) is 8.41. The first-order valence-electron chi connectivity index (χ1n) is 7.84. The highest BCUT2D eigenvalue weighted by Gasteiger charge is 2.14. The van der Waals surface area contributed by atoms with Gasteiger partial charge in [0.05, 0.1) is 18.0 Å². The van der Waals surface area contributed by atoms with Gasteiger partial charge in [-0.25, -0.2) is 10.2 Å². The number of halogens is 1. The lowest BCUT2D eigenvalue weighted by Gasteiger charge is -2.07. The third-order valence-corrected chi connectivity index (χ3v) is 3.93. The summed E-state index contributed by atoms with van der Waals surface area (Å²) < 4.78 is 11.1. The standard InChI is InChI=1S/C19H14BrN3O4/c1-12-4-5-13(10-21-12)18(24)23-22-11-14-9-15(20)6-7-16(14)27-19(25)17-3-2-8-26-17/h2-11H,1H3,(H,23,24)/b22-11+. The Labute approximate surface area is 163 Å². The summed E-state index contributed by atoms with van der Waals surface area (Å²) in [5.41, 5.74) is 4.10. The van der Waals surface area contributed by atoms with Crippen LogP contribution in [0.4, 0.5) is 0 Å². The molecule has 136 valence electrons. The van der Waals surface area contributed by atoms with E-state index in [1.165, 1.54) is 24.7 Å². The van der Waals surface area contributed by atoms with Crippen LogP contribution in [-0.2, 0) is 0 Å². The van der Waals surface area contributed by atoms with Gasteiger partial charge in [-0.3, -0.25) is 9.78 Å². The van der Waals surface area contributed by atoms with E-state index in [-0.39, 0.29) is 11.5 Å². The molecule has 8 heteroatoms. The van der Waals surface area contributed by atoms with E-state index >= 15 is 0 Å². The lowest BCUT2D eigenvalue weighted by atomic mass is 10.2. The van der Waals surface area contributed by atoms with Crippen LogP contribution in [0.15, 0.2) is 68.9 Å². The molecule has 3 rings (SSSR count). The van der Waals surface area contributed by atoms with Crippen molar-refractivity contribution in [2.75, 3.05) is 0 Å². The summed E-state index contributed by atoms with van der Waals surface area (Å²) >= 11 is 3.35. The number of nitrogens with zero attached hydrogens (tertiary/aromatic N) is 2. The molecule has 3 aromatic rings. The number of hydrazone groups is 1. The normalized spacial score (nSPS) is 10.7. The van der Waals surface area contributed by atoms with Gasteiger partial charge in [0.15, 0.2) is 0 Å². The SMILES string of the molecule is Cc1ccc(C(=O)N/N=C/c2cc(Br)ccc2OC(=O)c2ccco2)cn1. The number of aromatic nitrogens is 1. The van der Waals surface area contributed by atoms with Gasteiger partial charge in [-0.15, -0.1) is 0 Å². The van der Waals surface area contributed by atoms with Gasteiger partial charge in [0, 0.05) is 21.9 Å². The number of ether oxygens (including phenoxy) is 1. The number of aryl methyl sites for hydroxylation is 1. The lowest BCUT2D eigenvalue weighted by molar-refractivity contribution is 0.0700. The average molecular weight is 428 g/mol. The van der Waals surface area contributed by atoms with E-state index in [0.29, 0.717) is 11.1 Å². The number of rotatable bonds is 5. The molecule has 1 amide bonds. The predicted molar refractivity (Wildman–Crippen MR) is 102 cm³/mol. The van der Waals surface area contributed by atoms with E-state index in [4.69, 9.17) is 9.15 Å². The maximum absolute atomic E-state index is 12.1. The Balaban J connectivity index is 1.72. The number of nitrogens with one attached hydrogen (secondary N) is 1. The zero-order valence-corrected chi connectivity index (χ0v) is 15.8. The van der Waals surface area contributed by atoms with Gasteiger partial charge in [0.2, 0.25) is 5.76 Å². The number of pyridine rings is 1. The van der Waals surface area contributed by atoms with Crippen molar-refractivity contribution >= 4 is 34.0 Å². The molecule has 1 aromatic carbocycles. The first kappa shape index (κ1) is 18.5. The van der Waals surface area contributed by atoms with E-state index in [2.05, 4.69) is 31.4 Å². The highest BCUT2D eigenvalue weighted by Crippen LogP contribution is 2.23. The number of hydrogen-bond acceptors (Lipinski definition) is 6. The second-order valence-electron chi connectivity index (χ2n) is 5.44. The van der Waals surface area contributed by atoms with Crippen LogP contribution in [0.25, 0.3) is 0 Å². The lowest BCUT2D eigenvalue weighted by Crippen LogP contribution is -2.18. The van der Waals surface area contributed by atoms with Gasteiger partial charge in [-0.1, -0.05) is 15.9 Å². The number of esters is 1. The molecular weight excluding hydrogens is 414 g/mol. The molecule has 0 unspecified atom stereocenters. The molecule has 0 saturated carbocycles. The monoisotopic (exact) mass is 427 g/mol. The highest BCUT2D eigenvalue weighted by molar-refractivity contribution is 9.10. The molecule has 0 aliphatic rings. The maximum atomic E-state index is 12.1. The van der Waals surface area contributed by atoms with E-state index < -0.39 is 11.9 Å². The summed E-state index contributed by atoms with van der Waals surface area (Å²) in [6.07, 6.45) is 4.24. The van der Waals surface area contributed by atoms with E-state index in [1.54, 1.807) is 36.4 Å². The number of hydrogen-bond donors (Lipinski definition) is 1. The topological polar surface area (TPSA) is 93.8 Å². The van der Waals surface area contributed by atoms with Crippen LogP contribution in [0.5, 0.6) is 5.75 Å². The zero-order chi connectivity index (χ0) is 19.2. The van der Waals surface area contributed by atoms with Crippen molar-refractivity contribution in [1.82, 2.24) is 10.4 Å². The molecule has 7 nitrogen and oxygen atoms in total. The Morgan fingerprint density at radius 1 is 1.26 bits per heavy atom. The molecule has 0 saturated heterocycles. The average Bonchev–Trinajstić information content (AvgIpc) is 3.19. The van der Waals surface area contributed by atoms with Gasteiger partial charge >= 0.3 is 5.97 Å². The smallest absolute Gasteiger partial charge is 0.379 e. The molecule has 0 fully saturated rings. The van der Waals surface area contributed by atoms with Crippen LogP contribution >= 0.6 is 15.9 Å². The number of amides is 1. The van der Waals surface area contributed by atoms with Gasteiger partial charge < -0.3 is 9.15 Å². The number of carbonyl (C=O) groups excluding carboxylic acids is 2. The van der Waals surface area contributed by atoms with Crippen LogP contribution < -0.4 is 10.2 Å². The van der Waals surface area contributed by atoms with Gasteiger partial charge in [0.25, 0.3) is 5.91 Å². The highest BCUT2D eigenvalue weighted by atomic mass is 79.9. The molecule has 0 aliphatic carbocycles. The van der Waals surface area contributed by atoms with Gasteiger partial charge in [-0.05, 0) is 49.4 Å². The first-order chi connectivity index (χ1) is 13.0. The number of furan rings is 1. The third-order valence-electron chi connectivity index (χ3n) is 3.44. The van der Waals surface area contributed by atoms with Gasteiger partial charge in [-0.2, -0.15) is 5.10 Å². The summed E-state index contributed by atoms with van der Waals surface area (Å²) in [5, 5.41) is 3.92. The quantitative estimate of drug-likeness (QED) is 0.289. The fourth-order valence-corrected chi connectivity index (χ4v) is 2.46. The van der Waals surface area contributed by atoms with E-state index in [1.807, 2.05) is 6.92 Å². The molecule has 0 bridgehead atoms. The van der Waals surface area contributed by atoms with Crippen molar-refractivity contribution in [2.45, 2.75) is 6.92 Å². The van der Waals surface area contributed by atoms with Gasteiger partial charge in [0.1, 0.15) is 5.75 Å². The molecule has 0 spiro atoms. The van der Waals surface area contributed by atoms with Crippen molar-refractivity contribution in [2.24, 2.45) is 5.10 Å². The summed E-state index contributed by atoms with van der Waals surface area (Å²) in [5.74, 6) is -0.676. The number of carbonyl (C=O) groups is 2. The summed E-state index contributed by atoms with van der Waals surface area (Å²) in [4.78, 5) is 28.2. The Morgan fingerprint density at radius 3 is 2.81 bits per heavy atom. The fourth-order valence-electron chi connectivity index (χ4n) is 2.09. The van der Waals surface area contributed by atoms with Crippen LogP contribution in [0.1, 0.15) is 32.2 Å². The molecule has 0 aliphatic heterocycles.